The smallest absolute Gasteiger partial charge is 0.256 e. The molecule has 0 aromatic heterocycles. The molecule has 1 aliphatic rings. The number of carbonyl (C=O) groups excluding carboxylic acids is 1. The molecule has 5 nitrogen and oxygen atoms in total. The number of nitriles is 1. The second-order valence-electron chi connectivity index (χ2n) is 5.76. The average Bonchev–Trinajstić information content (AvgIpc) is 3.04. The van der Waals surface area contributed by atoms with Crippen LogP contribution in [0.2, 0.25) is 0 Å². The minimum absolute atomic E-state index is 0.114. The van der Waals surface area contributed by atoms with Gasteiger partial charge < -0.3 is 14.8 Å². The van der Waals surface area contributed by atoms with Crippen LogP contribution < -0.4 is 10.1 Å². The first-order valence-electron chi connectivity index (χ1n) is 8.27. The standard InChI is InChI=1S/C18H24N2O3/c1-3-11-23-18(9-5-6-10-18)17(21)20-15-7-8-16(22-4-2)14(12-15)13-19/h7-8,12H,3-6,9-11H2,1-2H3,(H,20,21). The molecule has 0 radical (unpaired) electrons. The Hall–Kier alpha value is -2.06. The van der Waals surface area contributed by atoms with E-state index in [1.54, 1.807) is 18.2 Å². The fourth-order valence-electron chi connectivity index (χ4n) is 2.90. The van der Waals surface area contributed by atoms with Crippen molar-refractivity contribution in [3.63, 3.8) is 0 Å². The second kappa shape index (κ2) is 7.98. The van der Waals surface area contributed by atoms with Crippen molar-refractivity contribution < 1.29 is 14.3 Å². The molecular weight excluding hydrogens is 292 g/mol. The van der Waals surface area contributed by atoms with Gasteiger partial charge in [0.1, 0.15) is 17.4 Å². The van der Waals surface area contributed by atoms with E-state index >= 15 is 0 Å². The summed E-state index contributed by atoms with van der Waals surface area (Å²) in [5.41, 5.74) is 0.294. The van der Waals surface area contributed by atoms with Crippen molar-refractivity contribution in [3.8, 4) is 11.8 Å². The topological polar surface area (TPSA) is 71.3 Å². The Kier molecular flexibility index (Phi) is 6.00. The molecule has 0 aliphatic heterocycles. The molecule has 1 aromatic rings. The number of benzene rings is 1. The van der Waals surface area contributed by atoms with Crippen molar-refractivity contribution >= 4 is 11.6 Å². The molecule has 5 heteroatoms. The molecule has 1 aliphatic carbocycles. The number of nitrogens with one attached hydrogen (secondary N) is 1. The van der Waals surface area contributed by atoms with E-state index in [1.165, 1.54) is 0 Å². The molecule has 1 amide bonds. The normalized spacial score (nSPS) is 15.9. The van der Waals surface area contributed by atoms with Crippen molar-refractivity contribution in [3.05, 3.63) is 23.8 Å². The Balaban J connectivity index is 2.14. The highest BCUT2D eigenvalue weighted by Crippen LogP contribution is 2.35. The van der Waals surface area contributed by atoms with Crippen LogP contribution in [-0.2, 0) is 9.53 Å². The van der Waals surface area contributed by atoms with Crippen molar-refractivity contribution in [2.24, 2.45) is 0 Å². The summed E-state index contributed by atoms with van der Waals surface area (Å²) in [5.74, 6) is 0.419. The van der Waals surface area contributed by atoms with Gasteiger partial charge in [0.05, 0.1) is 12.2 Å². The van der Waals surface area contributed by atoms with Gasteiger partial charge in [0.2, 0.25) is 0 Å². The van der Waals surface area contributed by atoms with Gasteiger partial charge in [0.25, 0.3) is 5.91 Å². The maximum Gasteiger partial charge on any atom is 0.256 e. The Morgan fingerprint density at radius 1 is 1.35 bits per heavy atom. The van der Waals surface area contributed by atoms with Crippen LogP contribution >= 0.6 is 0 Å². The van der Waals surface area contributed by atoms with E-state index in [0.717, 1.165) is 32.1 Å². The second-order valence-corrected chi connectivity index (χ2v) is 5.76. The molecule has 1 saturated carbocycles. The minimum atomic E-state index is -0.721. The van der Waals surface area contributed by atoms with E-state index in [2.05, 4.69) is 11.4 Å². The summed E-state index contributed by atoms with van der Waals surface area (Å²) in [4.78, 5) is 12.7. The highest BCUT2D eigenvalue weighted by Gasteiger charge is 2.42. The highest BCUT2D eigenvalue weighted by molar-refractivity contribution is 5.97. The first-order valence-corrected chi connectivity index (χ1v) is 8.27. The lowest BCUT2D eigenvalue weighted by atomic mass is 10.0. The average molecular weight is 316 g/mol. The zero-order chi connectivity index (χ0) is 16.7. The first-order chi connectivity index (χ1) is 11.1. The fourth-order valence-corrected chi connectivity index (χ4v) is 2.90. The van der Waals surface area contributed by atoms with E-state index in [9.17, 15) is 10.1 Å². The number of nitrogens with zero attached hydrogens (tertiary/aromatic N) is 1. The molecule has 0 atom stereocenters. The van der Waals surface area contributed by atoms with Crippen molar-refractivity contribution in [2.75, 3.05) is 18.5 Å². The third-order valence-electron chi connectivity index (χ3n) is 4.07. The molecule has 1 fully saturated rings. The molecule has 0 spiro atoms. The Labute approximate surface area is 137 Å². The number of rotatable bonds is 7. The van der Waals surface area contributed by atoms with Gasteiger partial charge in [-0.1, -0.05) is 6.92 Å². The van der Waals surface area contributed by atoms with Gasteiger partial charge >= 0.3 is 0 Å². The van der Waals surface area contributed by atoms with Crippen LogP contribution in [0.5, 0.6) is 5.75 Å². The number of carbonyl (C=O) groups is 1. The maximum absolute atomic E-state index is 12.7. The summed E-state index contributed by atoms with van der Waals surface area (Å²) < 4.78 is 11.3. The zero-order valence-corrected chi connectivity index (χ0v) is 13.9. The number of amides is 1. The summed E-state index contributed by atoms with van der Waals surface area (Å²) in [7, 11) is 0. The molecule has 0 saturated heterocycles. The zero-order valence-electron chi connectivity index (χ0n) is 13.9. The lowest BCUT2D eigenvalue weighted by Crippen LogP contribution is -2.43. The fraction of sp³-hybridized carbons (Fsp3) is 0.556. The molecule has 0 unspecified atom stereocenters. The summed E-state index contributed by atoms with van der Waals surface area (Å²) >= 11 is 0. The molecule has 23 heavy (non-hydrogen) atoms. The number of hydrogen-bond donors (Lipinski definition) is 1. The Morgan fingerprint density at radius 3 is 2.70 bits per heavy atom. The maximum atomic E-state index is 12.7. The van der Waals surface area contributed by atoms with Gasteiger partial charge in [-0.05, 0) is 57.2 Å². The highest BCUT2D eigenvalue weighted by atomic mass is 16.5. The van der Waals surface area contributed by atoms with Crippen LogP contribution in [0, 0.1) is 11.3 Å². The predicted octanol–water partition coefficient (Wildman–Crippen LogP) is 3.63. The van der Waals surface area contributed by atoms with Crippen LogP contribution in [0.15, 0.2) is 18.2 Å². The van der Waals surface area contributed by atoms with E-state index < -0.39 is 5.60 Å². The van der Waals surface area contributed by atoms with Crippen LogP contribution in [0.25, 0.3) is 0 Å². The summed E-state index contributed by atoms with van der Waals surface area (Å²) in [5, 5.41) is 12.1. The van der Waals surface area contributed by atoms with Crippen molar-refractivity contribution in [1.29, 1.82) is 5.26 Å². The molecule has 0 heterocycles. The lowest BCUT2D eigenvalue weighted by molar-refractivity contribution is -0.140. The first kappa shape index (κ1) is 17.3. The van der Waals surface area contributed by atoms with Gasteiger partial charge in [0, 0.05) is 12.3 Å². The van der Waals surface area contributed by atoms with Gasteiger partial charge in [-0.3, -0.25) is 4.79 Å². The molecule has 2 rings (SSSR count). The largest absolute Gasteiger partial charge is 0.492 e. The van der Waals surface area contributed by atoms with Crippen LogP contribution in [0.4, 0.5) is 5.69 Å². The van der Waals surface area contributed by atoms with E-state index in [0.29, 0.717) is 30.2 Å². The number of anilines is 1. The Bertz CT molecular complexity index is 586. The van der Waals surface area contributed by atoms with Gasteiger partial charge in [-0.15, -0.1) is 0 Å². The number of hydrogen-bond acceptors (Lipinski definition) is 4. The molecule has 0 bridgehead atoms. The summed E-state index contributed by atoms with van der Waals surface area (Å²) in [6.07, 6.45) is 4.40. The van der Waals surface area contributed by atoms with Gasteiger partial charge in [0.15, 0.2) is 0 Å². The molecule has 124 valence electrons. The molecule has 1 aromatic carbocycles. The van der Waals surface area contributed by atoms with Crippen LogP contribution in [-0.4, -0.2) is 24.7 Å². The van der Waals surface area contributed by atoms with Crippen LogP contribution in [0.3, 0.4) is 0 Å². The lowest BCUT2D eigenvalue weighted by Gasteiger charge is -2.28. The SMILES string of the molecule is CCCOC1(C(=O)Nc2ccc(OCC)c(C#N)c2)CCCC1. The summed E-state index contributed by atoms with van der Waals surface area (Å²) in [6, 6.07) is 7.21. The van der Waals surface area contributed by atoms with E-state index in [4.69, 9.17) is 9.47 Å². The van der Waals surface area contributed by atoms with Crippen molar-refractivity contribution in [1.82, 2.24) is 0 Å². The molecular formula is C18H24N2O3. The molecule has 1 N–H and O–H groups in total. The van der Waals surface area contributed by atoms with Crippen LogP contribution in [0.1, 0.15) is 51.5 Å². The third kappa shape index (κ3) is 4.02. The number of ether oxygens (including phenoxy) is 2. The van der Waals surface area contributed by atoms with E-state index in [1.807, 2.05) is 13.8 Å². The minimum Gasteiger partial charge on any atom is -0.492 e. The Morgan fingerprint density at radius 2 is 2.09 bits per heavy atom. The third-order valence-corrected chi connectivity index (χ3v) is 4.07. The van der Waals surface area contributed by atoms with Gasteiger partial charge in [-0.2, -0.15) is 5.26 Å². The summed E-state index contributed by atoms with van der Waals surface area (Å²) in [6.45, 7) is 4.98. The van der Waals surface area contributed by atoms with Gasteiger partial charge in [-0.25, -0.2) is 0 Å². The monoisotopic (exact) mass is 316 g/mol. The quantitative estimate of drug-likeness (QED) is 0.833. The van der Waals surface area contributed by atoms with Crippen molar-refractivity contribution in [2.45, 2.75) is 51.6 Å². The predicted molar refractivity (Wildman–Crippen MR) is 88.4 cm³/mol. The van der Waals surface area contributed by atoms with E-state index in [-0.39, 0.29) is 5.91 Å².